The Kier molecular flexibility index (Phi) is 5.52. The first-order valence-electron chi connectivity index (χ1n) is 10.9. The second-order valence-corrected chi connectivity index (χ2v) is 8.96. The van der Waals surface area contributed by atoms with Crippen LogP contribution in [0.15, 0.2) is 95.5 Å². The molecule has 0 fully saturated rings. The number of allylic oxidation sites excluding steroid dienone is 1. The Morgan fingerprint density at radius 3 is 2.16 bits per heavy atom. The number of nitrogens with zero attached hydrogens (tertiary/aromatic N) is 1. The minimum absolute atomic E-state index is 0.182. The molecule has 0 radical (unpaired) electrons. The fourth-order valence-corrected chi connectivity index (χ4v) is 5.70. The van der Waals surface area contributed by atoms with Gasteiger partial charge in [-0.1, -0.05) is 110 Å². The number of Topliss-reactive ketones (excluding diaryl/α,β-unsaturated/α-hetero) is 1. The molecule has 0 atom stereocenters. The summed E-state index contributed by atoms with van der Waals surface area (Å²) in [7, 11) is 0. The Labute approximate surface area is 188 Å². The fraction of sp³-hybridized carbons (Fsp3) is 0.179. The van der Waals surface area contributed by atoms with Crippen molar-refractivity contribution in [3.63, 3.8) is 0 Å². The summed E-state index contributed by atoms with van der Waals surface area (Å²) in [6.07, 6.45) is 2.90. The number of unbranched alkanes of at least 4 members (excludes halogenated alkanes) is 1. The van der Waals surface area contributed by atoms with Crippen molar-refractivity contribution in [2.75, 3.05) is 6.54 Å². The highest BCUT2D eigenvalue weighted by atomic mass is 32.2. The summed E-state index contributed by atoms with van der Waals surface area (Å²) < 4.78 is 0. The van der Waals surface area contributed by atoms with E-state index in [-0.39, 0.29) is 5.78 Å². The van der Waals surface area contributed by atoms with Crippen LogP contribution >= 0.6 is 11.8 Å². The lowest BCUT2D eigenvalue weighted by atomic mass is 10.1. The molecular formula is C28H25NOS. The third kappa shape index (κ3) is 3.64. The van der Waals surface area contributed by atoms with Crippen LogP contribution in [-0.2, 0) is 6.42 Å². The first kappa shape index (κ1) is 19.9. The summed E-state index contributed by atoms with van der Waals surface area (Å²) in [5.74, 6) is 0.182. The van der Waals surface area contributed by atoms with Crippen molar-refractivity contribution < 1.29 is 4.79 Å². The van der Waals surface area contributed by atoms with Crippen LogP contribution < -0.4 is 0 Å². The largest absolute Gasteiger partial charge is 0.334 e. The monoisotopic (exact) mass is 423 g/mol. The van der Waals surface area contributed by atoms with E-state index >= 15 is 0 Å². The Hall–Kier alpha value is -3.04. The number of hydrogen-bond donors (Lipinski definition) is 0. The van der Waals surface area contributed by atoms with Gasteiger partial charge in [0.1, 0.15) is 0 Å². The minimum Gasteiger partial charge on any atom is -0.334 e. The molecule has 0 saturated carbocycles. The zero-order valence-electron chi connectivity index (χ0n) is 17.7. The molecule has 0 unspecified atom stereocenters. The summed E-state index contributed by atoms with van der Waals surface area (Å²) in [4.78, 5) is 17.0. The van der Waals surface area contributed by atoms with Gasteiger partial charge in [0.15, 0.2) is 5.78 Å². The lowest BCUT2D eigenvalue weighted by Crippen LogP contribution is -2.21. The number of thioether (sulfide) groups is 1. The Balaban J connectivity index is 1.68. The van der Waals surface area contributed by atoms with Gasteiger partial charge in [0.2, 0.25) is 0 Å². The second-order valence-electron chi connectivity index (χ2n) is 7.96. The highest BCUT2D eigenvalue weighted by Gasteiger charge is 2.36. The molecular weight excluding hydrogens is 398 g/mol. The molecule has 3 aromatic carbocycles. The number of hydrogen-bond acceptors (Lipinski definition) is 3. The minimum atomic E-state index is 0.182. The number of ketones is 1. The van der Waals surface area contributed by atoms with Crippen LogP contribution in [-0.4, -0.2) is 17.2 Å². The molecule has 1 aliphatic carbocycles. The smallest absolute Gasteiger partial charge is 0.192 e. The molecule has 3 aromatic rings. The number of benzene rings is 3. The molecule has 2 nitrogen and oxygen atoms in total. The molecule has 1 aliphatic heterocycles. The van der Waals surface area contributed by atoms with Crippen LogP contribution in [0.1, 0.15) is 46.8 Å². The molecule has 0 saturated heterocycles. The third-order valence-electron chi connectivity index (χ3n) is 5.91. The molecule has 5 rings (SSSR count). The quantitative estimate of drug-likeness (QED) is 0.412. The van der Waals surface area contributed by atoms with Crippen molar-refractivity contribution in [2.24, 2.45) is 0 Å². The zero-order valence-corrected chi connectivity index (χ0v) is 18.5. The van der Waals surface area contributed by atoms with Gasteiger partial charge in [-0.2, -0.15) is 0 Å². The van der Waals surface area contributed by atoms with Crippen LogP contribution in [0.25, 0.3) is 10.6 Å². The topological polar surface area (TPSA) is 20.3 Å². The third-order valence-corrected chi connectivity index (χ3v) is 7.20. The van der Waals surface area contributed by atoms with E-state index < -0.39 is 0 Å². The molecule has 0 N–H and O–H groups in total. The molecule has 1 heterocycles. The summed E-state index contributed by atoms with van der Waals surface area (Å²) in [6, 6.07) is 29.2. The van der Waals surface area contributed by atoms with Crippen LogP contribution in [0, 0.1) is 0 Å². The van der Waals surface area contributed by atoms with E-state index in [0.29, 0.717) is 6.42 Å². The molecule has 0 bridgehead atoms. The lowest BCUT2D eigenvalue weighted by molar-refractivity contribution is 0.103. The molecule has 0 aromatic heterocycles. The molecule has 0 spiro atoms. The van der Waals surface area contributed by atoms with Crippen molar-refractivity contribution in [2.45, 2.75) is 26.2 Å². The number of fused-ring (bicyclic) bond motifs is 1. The van der Waals surface area contributed by atoms with Gasteiger partial charge in [-0.05, 0) is 23.1 Å². The van der Waals surface area contributed by atoms with E-state index in [1.807, 2.05) is 18.2 Å². The Morgan fingerprint density at radius 2 is 1.48 bits per heavy atom. The van der Waals surface area contributed by atoms with E-state index in [0.717, 1.165) is 41.1 Å². The van der Waals surface area contributed by atoms with Gasteiger partial charge in [0.25, 0.3) is 0 Å². The van der Waals surface area contributed by atoms with E-state index in [4.69, 9.17) is 0 Å². The number of carbonyl (C=O) groups is 1. The summed E-state index contributed by atoms with van der Waals surface area (Å²) >= 11 is 1.76. The maximum atomic E-state index is 13.4. The van der Waals surface area contributed by atoms with Crippen molar-refractivity contribution in [3.05, 3.63) is 118 Å². The van der Waals surface area contributed by atoms with Gasteiger partial charge in [0, 0.05) is 29.0 Å². The van der Waals surface area contributed by atoms with Crippen LogP contribution in [0.4, 0.5) is 0 Å². The standard InChI is InChI=1S/C28H25NOS/c1-2-3-18-29-25(20-12-6-4-7-13-20)27(21-14-8-5-9-15-21)31-28(29)24-19-22-16-10-11-17-23(22)26(24)30/h4-17H,2-3,18-19H2,1H3/b28-24-. The molecule has 2 aliphatic rings. The SMILES string of the molecule is CCCCN1C(c2ccccc2)=C(c2ccccc2)S/C1=C1/Cc2ccccc2C1=O. The van der Waals surface area contributed by atoms with Gasteiger partial charge >= 0.3 is 0 Å². The first-order valence-corrected chi connectivity index (χ1v) is 11.8. The molecule has 154 valence electrons. The number of rotatable bonds is 5. The Bertz CT molecular complexity index is 1180. The average molecular weight is 424 g/mol. The average Bonchev–Trinajstić information content (AvgIpc) is 3.37. The van der Waals surface area contributed by atoms with Gasteiger partial charge in [-0.15, -0.1) is 0 Å². The maximum absolute atomic E-state index is 13.4. The second kappa shape index (κ2) is 8.60. The predicted molar refractivity (Wildman–Crippen MR) is 130 cm³/mol. The van der Waals surface area contributed by atoms with Gasteiger partial charge in [-0.3, -0.25) is 4.79 Å². The number of carbonyl (C=O) groups excluding carboxylic acids is 1. The van der Waals surface area contributed by atoms with Crippen molar-refractivity contribution in [3.8, 4) is 0 Å². The predicted octanol–water partition coefficient (Wildman–Crippen LogP) is 7.01. The molecule has 3 heteroatoms. The fourth-order valence-electron chi connectivity index (χ4n) is 4.35. The van der Waals surface area contributed by atoms with E-state index in [2.05, 4.69) is 78.6 Å². The van der Waals surface area contributed by atoms with Crippen molar-refractivity contribution >= 4 is 28.1 Å². The van der Waals surface area contributed by atoms with Crippen molar-refractivity contribution in [1.82, 2.24) is 4.90 Å². The van der Waals surface area contributed by atoms with Crippen molar-refractivity contribution in [1.29, 1.82) is 0 Å². The first-order chi connectivity index (χ1) is 15.3. The van der Waals surface area contributed by atoms with Crippen LogP contribution in [0.3, 0.4) is 0 Å². The van der Waals surface area contributed by atoms with E-state index in [1.165, 1.54) is 21.7 Å². The van der Waals surface area contributed by atoms with E-state index in [1.54, 1.807) is 11.8 Å². The highest BCUT2D eigenvalue weighted by Crippen LogP contribution is 2.52. The summed E-state index contributed by atoms with van der Waals surface area (Å²) in [6.45, 7) is 3.13. The lowest BCUT2D eigenvalue weighted by Gasteiger charge is -2.25. The van der Waals surface area contributed by atoms with Gasteiger partial charge < -0.3 is 4.90 Å². The van der Waals surface area contributed by atoms with Gasteiger partial charge in [-0.25, -0.2) is 0 Å². The normalized spacial score (nSPS) is 18.1. The molecule has 0 amide bonds. The van der Waals surface area contributed by atoms with Gasteiger partial charge in [0.05, 0.1) is 10.7 Å². The maximum Gasteiger partial charge on any atom is 0.192 e. The van der Waals surface area contributed by atoms with E-state index in [9.17, 15) is 4.79 Å². The van der Waals surface area contributed by atoms with Crippen LogP contribution in [0.5, 0.6) is 0 Å². The summed E-state index contributed by atoms with van der Waals surface area (Å²) in [5, 5.41) is 1.10. The summed E-state index contributed by atoms with van der Waals surface area (Å²) in [5.41, 5.74) is 6.55. The zero-order chi connectivity index (χ0) is 21.2. The van der Waals surface area contributed by atoms with Crippen LogP contribution in [0.2, 0.25) is 0 Å². The Morgan fingerprint density at radius 1 is 0.839 bits per heavy atom. The highest BCUT2D eigenvalue weighted by molar-refractivity contribution is 8.12. The molecule has 31 heavy (non-hydrogen) atoms.